The van der Waals surface area contributed by atoms with Gasteiger partial charge in [-0.15, -0.1) is 0 Å². The summed E-state index contributed by atoms with van der Waals surface area (Å²) in [7, 11) is 0. The topological polar surface area (TPSA) is 26.9 Å². The molecule has 0 aliphatic heterocycles. The minimum absolute atomic E-state index is 0.328. The van der Waals surface area contributed by atoms with Gasteiger partial charge in [-0.2, -0.15) is 4.73 Å². The Bertz CT molecular complexity index is 768. The molecular weight excluding hydrogens is 338 g/mol. The van der Waals surface area contributed by atoms with E-state index in [0.29, 0.717) is 23.2 Å². The maximum Gasteiger partial charge on any atom is 0.225 e. The lowest BCUT2D eigenvalue weighted by molar-refractivity contribution is -0.607. The highest BCUT2D eigenvalue weighted by Crippen LogP contribution is 2.65. The Morgan fingerprint density at radius 1 is 1.18 bits per heavy atom. The molecule has 1 fully saturated rings. The van der Waals surface area contributed by atoms with E-state index >= 15 is 0 Å². The molecule has 1 heterocycles. The first-order chi connectivity index (χ1) is 10.4. The normalized spacial score (nSPS) is 27.9. The molecule has 2 bridgehead atoms. The molecule has 5 rings (SSSR count). The van der Waals surface area contributed by atoms with Crippen LogP contribution in [-0.4, -0.2) is 0 Å². The minimum Gasteiger partial charge on any atom is -0.618 e. The Labute approximate surface area is 139 Å². The maximum atomic E-state index is 13.0. The maximum absolute atomic E-state index is 13.0. The molecule has 2 aromatic rings. The standard InChI is InChI=1S/C19H20BrNO/c1-11-14-10-15(19(14,2)3)12-8-9-17(21(22)18(11)12)13-6-4-5-7-16(13)20/h4-9,11,14-15H,10H2,1-3H3/t11-,14+,15-/m1/s1. The first kappa shape index (κ1) is 14.3. The molecular formula is C19H20BrNO. The summed E-state index contributed by atoms with van der Waals surface area (Å²) in [4.78, 5) is 0. The fraction of sp³-hybridized carbons (Fsp3) is 0.421. The van der Waals surface area contributed by atoms with Gasteiger partial charge in [0, 0.05) is 22.0 Å². The molecule has 1 aromatic carbocycles. The van der Waals surface area contributed by atoms with Gasteiger partial charge in [-0.25, -0.2) is 0 Å². The summed E-state index contributed by atoms with van der Waals surface area (Å²) < 4.78 is 2.16. The second kappa shape index (κ2) is 4.58. The lowest BCUT2D eigenvalue weighted by Crippen LogP contribution is -2.54. The SMILES string of the molecule is C[C@H]1c2c(ccc(-c3ccccc3Br)[n+]2[O-])[C@H]2C[C@@H]1C2(C)C. The van der Waals surface area contributed by atoms with Crippen molar-refractivity contribution >= 4 is 15.9 Å². The Morgan fingerprint density at radius 3 is 2.59 bits per heavy atom. The van der Waals surface area contributed by atoms with Crippen molar-refractivity contribution in [3.05, 3.63) is 57.3 Å². The van der Waals surface area contributed by atoms with Gasteiger partial charge in [-0.05, 0) is 57.8 Å². The van der Waals surface area contributed by atoms with E-state index in [9.17, 15) is 5.21 Å². The molecule has 0 N–H and O–H groups in total. The van der Waals surface area contributed by atoms with Crippen molar-refractivity contribution < 1.29 is 4.73 Å². The molecule has 3 heteroatoms. The van der Waals surface area contributed by atoms with Crippen molar-refractivity contribution in [2.45, 2.75) is 39.0 Å². The van der Waals surface area contributed by atoms with E-state index in [2.05, 4.69) is 42.8 Å². The zero-order chi connectivity index (χ0) is 15.6. The Kier molecular flexibility index (Phi) is 2.96. The van der Waals surface area contributed by atoms with Crippen LogP contribution in [0.5, 0.6) is 0 Å². The van der Waals surface area contributed by atoms with Crippen LogP contribution < -0.4 is 4.73 Å². The van der Waals surface area contributed by atoms with Gasteiger partial charge < -0.3 is 5.21 Å². The third-order valence-electron chi connectivity index (χ3n) is 6.06. The fourth-order valence-electron chi connectivity index (χ4n) is 4.71. The van der Waals surface area contributed by atoms with Gasteiger partial charge in [0.2, 0.25) is 5.69 Å². The van der Waals surface area contributed by atoms with Gasteiger partial charge in [0.25, 0.3) is 0 Å². The number of rotatable bonds is 1. The molecule has 3 aliphatic rings. The van der Waals surface area contributed by atoms with E-state index in [1.165, 1.54) is 16.7 Å². The average molecular weight is 358 g/mol. The summed E-state index contributed by atoms with van der Waals surface area (Å²) in [5.41, 5.74) is 4.30. The first-order valence-electron chi connectivity index (χ1n) is 7.94. The quantitative estimate of drug-likeness (QED) is 0.521. The van der Waals surface area contributed by atoms with Crippen LogP contribution in [0.15, 0.2) is 40.9 Å². The molecule has 1 aromatic heterocycles. The molecule has 22 heavy (non-hydrogen) atoms. The molecule has 0 amide bonds. The van der Waals surface area contributed by atoms with Crippen LogP contribution in [0.25, 0.3) is 11.3 Å². The van der Waals surface area contributed by atoms with E-state index < -0.39 is 0 Å². The van der Waals surface area contributed by atoms with Crippen LogP contribution in [0.3, 0.4) is 0 Å². The summed E-state index contributed by atoms with van der Waals surface area (Å²) in [6.07, 6.45) is 1.23. The Morgan fingerprint density at radius 2 is 1.91 bits per heavy atom. The summed E-state index contributed by atoms with van der Waals surface area (Å²) in [5, 5.41) is 13.0. The lowest BCUT2D eigenvalue weighted by atomic mass is 9.45. The van der Waals surface area contributed by atoms with Crippen molar-refractivity contribution in [1.82, 2.24) is 0 Å². The van der Waals surface area contributed by atoms with Crippen LogP contribution in [0.2, 0.25) is 0 Å². The van der Waals surface area contributed by atoms with Gasteiger partial charge in [0.15, 0.2) is 5.69 Å². The number of hydrogen-bond donors (Lipinski definition) is 0. The van der Waals surface area contributed by atoms with E-state index in [4.69, 9.17) is 0 Å². The van der Waals surface area contributed by atoms with Crippen LogP contribution in [0, 0.1) is 16.5 Å². The highest BCUT2D eigenvalue weighted by Gasteiger charge is 2.58. The molecule has 0 saturated heterocycles. The Hall–Kier alpha value is -1.35. The predicted octanol–water partition coefficient (Wildman–Crippen LogP) is 5.00. The second-order valence-corrected chi connectivity index (χ2v) is 8.19. The second-order valence-electron chi connectivity index (χ2n) is 7.34. The van der Waals surface area contributed by atoms with E-state index in [1.807, 2.05) is 30.3 Å². The molecule has 0 spiro atoms. The number of aromatic nitrogens is 1. The van der Waals surface area contributed by atoms with Gasteiger partial charge in [0.1, 0.15) is 0 Å². The van der Waals surface area contributed by atoms with E-state index in [1.54, 1.807) is 0 Å². The van der Waals surface area contributed by atoms with Crippen molar-refractivity contribution in [2.24, 2.45) is 11.3 Å². The molecule has 0 unspecified atom stereocenters. The molecule has 114 valence electrons. The van der Waals surface area contributed by atoms with Gasteiger partial charge in [-0.1, -0.05) is 32.9 Å². The third-order valence-corrected chi connectivity index (χ3v) is 6.75. The van der Waals surface area contributed by atoms with Crippen molar-refractivity contribution in [3.8, 4) is 11.3 Å². The average Bonchev–Trinajstić information content (AvgIpc) is 2.47. The largest absolute Gasteiger partial charge is 0.618 e. The monoisotopic (exact) mass is 357 g/mol. The van der Waals surface area contributed by atoms with E-state index in [0.717, 1.165) is 21.4 Å². The van der Waals surface area contributed by atoms with Gasteiger partial charge in [-0.3, -0.25) is 0 Å². The molecule has 3 atom stereocenters. The fourth-order valence-corrected chi connectivity index (χ4v) is 5.19. The molecule has 1 saturated carbocycles. The highest BCUT2D eigenvalue weighted by atomic mass is 79.9. The molecule has 2 nitrogen and oxygen atoms in total. The first-order valence-corrected chi connectivity index (χ1v) is 8.73. The van der Waals surface area contributed by atoms with Crippen molar-refractivity contribution in [1.29, 1.82) is 0 Å². The predicted molar refractivity (Wildman–Crippen MR) is 91.6 cm³/mol. The Balaban J connectivity index is 1.91. The number of hydrogen-bond acceptors (Lipinski definition) is 1. The molecule has 0 radical (unpaired) electrons. The number of halogens is 1. The zero-order valence-corrected chi connectivity index (χ0v) is 14.7. The number of nitrogens with zero attached hydrogens (tertiary/aromatic N) is 1. The highest BCUT2D eigenvalue weighted by molar-refractivity contribution is 9.10. The van der Waals surface area contributed by atoms with Crippen molar-refractivity contribution in [3.63, 3.8) is 0 Å². The van der Waals surface area contributed by atoms with Crippen molar-refractivity contribution in [2.75, 3.05) is 0 Å². The molecule has 3 aliphatic carbocycles. The van der Waals surface area contributed by atoms with Gasteiger partial charge >= 0.3 is 0 Å². The van der Waals surface area contributed by atoms with Crippen LogP contribution in [0.4, 0.5) is 0 Å². The minimum atomic E-state index is 0.328. The van der Waals surface area contributed by atoms with E-state index in [-0.39, 0.29) is 0 Å². The van der Waals surface area contributed by atoms with Gasteiger partial charge in [0.05, 0.1) is 5.56 Å². The van der Waals surface area contributed by atoms with Crippen LogP contribution in [0.1, 0.15) is 50.3 Å². The summed E-state index contributed by atoms with van der Waals surface area (Å²) in [5.74, 6) is 1.49. The van der Waals surface area contributed by atoms with Crippen LogP contribution >= 0.6 is 15.9 Å². The third kappa shape index (κ3) is 1.69. The summed E-state index contributed by atoms with van der Waals surface area (Å²) >= 11 is 3.56. The summed E-state index contributed by atoms with van der Waals surface area (Å²) in [6.45, 7) is 6.92. The lowest BCUT2D eigenvalue weighted by Gasteiger charge is -2.58. The van der Waals surface area contributed by atoms with Crippen LogP contribution in [-0.2, 0) is 0 Å². The number of benzene rings is 1. The zero-order valence-electron chi connectivity index (χ0n) is 13.1. The smallest absolute Gasteiger partial charge is 0.225 e. The number of pyridine rings is 1. The summed E-state index contributed by atoms with van der Waals surface area (Å²) in [6, 6.07) is 12.1.